The molecular weight excluding hydrogens is 272 g/mol. The van der Waals surface area contributed by atoms with Crippen molar-refractivity contribution in [1.82, 2.24) is 4.98 Å². The smallest absolute Gasteiger partial charge is 0.159 e. The summed E-state index contributed by atoms with van der Waals surface area (Å²) in [7, 11) is 0. The van der Waals surface area contributed by atoms with Gasteiger partial charge in [-0.15, -0.1) is 0 Å². The van der Waals surface area contributed by atoms with Crippen molar-refractivity contribution in [2.24, 2.45) is 0 Å². The first-order valence-electron chi connectivity index (χ1n) is 6.60. The number of rotatable bonds is 3. The number of benzene rings is 2. The number of fused-ring (bicyclic) bond motifs is 1. The summed E-state index contributed by atoms with van der Waals surface area (Å²) >= 11 is 0. The van der Waals surface area contributed by atoms with Gasteiger partial charge in [0.1, 0.15) is 0 Å². The molecule has 1 N–H and O–H groups in total. The molecule has 0 saturated heterocycles. The molecule has 1 unspecified atom stereocenters. The van der Waals surface area contributed by atoms with E-state index in [1.54, 1.807) is 12.3 Å². The quantitative estimate of drug-likeness (QED) is 0.794. The highest BCUT2D eigenvalue weighted by Crippen LogP contribution is 2.22. The molecule has 0 aliphatic rings. The van der Waals surface area contributed by atoms with Gasteiger partial charge in [0, 0.05) is 18.0 Å². The summed E-state index contributed by atoms with van der Waals surface area (Å²) in [6, 6.07) is 12.9. The van der Waals surface area contributed by atoms with Gasteiger partial charge in [0.15, 0.2) is 11.6 Å². The zero-order valence-electron chi connectivity index (χ0n) is 11.1. The Morgan fingerprint density at radius 3 is 2.67 bits per heavy atom. The van der Waals surface area contributed by atoms with Crippen LogP contribution < -0.4 is 0 Å². The van der Waals surface area contributed by atoms with E-state index in [9.17, 15) is 13.9 Å². The van der Waals surface area contributed by atoms with Crippen LogP contribution in [0.2, 0.25) is 0 Å². The molecule has 0 saturated carbocycles. The number of aliphatic hydroxyl groups is 1. The van der Waals surface area contributed by atoms with Gasteiger partial charge in [-0.25, -0.2) is 8.78 Å². The maximum Gasteiger partial charge on any atom is 0.159 e. The Morgan fingerprint density at radius 2 is 1.86 bits per heavy atom. The van der Waals surface area contributed by atoms with Crippen LogP contribution in [0.1, 0.15) is 17.2 Å². The minimum Gasteiger partial charge on any atom is -0.388 e. The largest absolute Gasteiger partial charge is 0.388 e. The van der Waals surface area contributed by atoms with E-state index in [-0.39, 0.29) is 6.42 Å². The molecule has 0 bridgehead atoms. The van der Waals surface area contributed by atoms with Crippen molar-refractivity contribution < 1.29 is 13.9 Å². The number of pyridine rings is 1. The predicted molar refractivity (Wildman–Crippen MR) is 76.8 cm³/mol. The summed E-state index contributed by atoms with van der Waals surface area (Å²) < 4.78 is 26.1. The van der Waals surface area contributed by atoms with Crippen LogP contribution in [0.15, 0.2) is 54.7 Å². The Labute approximate surface area is 120 Å². The van der Waals surface area contributed by atoms with Crippen molar-refractivity contribution in [2.45, 2.75) is 12.5 Å². The van der Waals surface area contributed by atoms with Crippen molar-refractivity contribution in [1.29, 1.82) is 0 Å². The minimum atomic E-state index is -0.901. The van der Waals surface area contributed by atoms with E-state index < -0.39 is 17.7 Å². The van der Waals surface area contributed by atoms with Gasteiger partial charge in [0.05, 0.1) is 11.6 Å². The highest BCUT2D eigenvalue weighted by molar-refractivity contribution is 5.79. The number of nitrogens with zero attached hydrogens (tertiary/aromatic N) is 1. The fourth-order valence-electron chi connectivity index (χ4n) is 2.31. The van der Waals surface area contributed by atoms with Crippen molar-refractivity contribution in [3.63, 3.8) is 0 Å². The molecule has 106 valence electrons. The maximum absolute atomic E-state index is 13.2. The molecule has 1 heterocycles. The van der Waals surface area contributed by atoms with Crippen LogP contribution in [0.25, 0.3) is 10.9 Å². The zero-order valence-corrected chi connectivity index (χ0v) is 11.1. The summed E-state index contributed by atoms with van der Waals surface area (Å²) in [5.74, 6) is -1.78. The van der Waals surface area contributed by atoms with E-state index in [1.807, 2.05) is 24.3 Å². The molecule has 2 aromatic carbocycles. The van der Waals surface area contributed by atoms with E-state index in [1.165, 1.54) is 6.07 Å². The second-order valence-electron chi connectivity index (χ2n) is 4.92. The van der Waals surface area contributed by atoms with Crippen LogP contribution >= 0.6 is 0 Å². The number of aromatic nitrogens is 1. The SMILES string of the molecule is OC(Cc1ccc(F)c(F)c1)c1ccc2ncccc2c1. The number of aliphatic hydroxyl groups excluding tert-OH is 1. The van der Waals surface area contributed by atoms with E-state index in [4.69, 9.17) is 0 Å². The molecule has 4 heteroatoms. The van der Waals surface area contributed by atoms with Gasteiger partial charge >= 0.3 is 0 Å². The van der Waals surface area contributed by atoms with E-state index in [0.29, 0.717) is 5.56 Å². The average Bonchev–Trinajstić information content (AvgIpc) is 2.50. The number of hydrogen-bond donors (Lipinski definition) is 1. The molecule has 3 aromatic rings. The maximum atomic E-state index is 13.2. The molecule has 0 aliphatic heterocycles. The average molecular weight is 285 g/mol. The first-order valence-corrected chi connectivity index (χ1v) is 6.60. The molecule has 21 heavy (non-hydrogen) atoms. The number of hydrogen-bond acceptors (Lipinski definition) is 2. The molecule has 0 fully saturated rings. The molecule has 1 aromatic heterocycles. The lowest BCUT2D eigenvalue weighted by Crippen LogP contribution is -2.02. The first kappa shape index (κ1) is 13.6. The highest BCUT2D eigenvalue weighted by atomic mass is 19.2. The Balaban J connectivity index is 1.85. The molecule has 0 amide bonds. The summed E-state index contributed by atoms with van der Waals surface area (Å²) in [6.45, 7) is 0. The molecule has 0 aliphatic carbocycles. The van der Waals surface area contributed by atoms with Crippen LogP contribution in [0.5, 0.6) is 0 Å². The fraction of sp³-hybridized carbons (Fsp3) is 0.118. The fourth-order valence-corrected chi connectivity index (χ4v) is 2.31. The molecule has 3 rings (SSSR count). The Hall–Kier alpha value is -2.33. The van der Waals surface area contributed by atoms with E-state index in [2.05, 4.69) is 4.98 Å². The van der Waals surface area contributed by atoms with Crippen molar-refractivity contribution >= 4 is 10.9 Å². The zero-order chi connectivity index (χ0) is 14.8. The summed E-state index contributed by atoms with van der Waals surface area (Å²) in [5.41, 5.74) is 2.12. The van der Waals surface area contributed by atoms with Gasteiger partial charge in [0.2, 0.25) is 0 Å². The van der Waals surface area contributed by atoms with Crippen LogP contribution in [0.3, 0.4) is 0 Å². The second kappa shape index (κ2) is 5.58. The topological polar surface area (TPSA) is 33.1 Å². The standard InChI is InChI=1S/C17H13F2NO/c18-14-5-3-11(8-15(14)19)9-17(21)13-4-6-16-12(10-13)2-1-7-20-16/h1-8,10,17,21H,9H2. The Morgan fingerprint density at radius 1 is 1.00 bits per heavy atom. The monoisotopic (exact) mass is 285 g/mol. The van der Waals surface area contributed by atoms with E-state index in [0.717, 1.165) is 28.6 Å². The first-order chi connectivity index (χ1) is 10.1. The van der Waals surface area contributed by atoms with Crippen LogP contribution in [-0.4, -0.2) is 10.1 Å². The van der Waals surface area contributed by atoms with Crippen LogP contribution in [0.4, 0.5) is 8.78 Å². The lowest BCUT2D eigenvalue weighted by molar-refractivity contribution is 0.178. The van der Waals surface area contributed by atoms with Crippen molar-refractivity contribution in [3.8, 4) is 0 Å². The normalized spacial score (nSPS) is 12.5. The third-order valence-electron chi connectivity index (χ3n) is 3.42. The van der Waals surface area contributed by atoms with Gasteiger partial charge in [0.25, 0.3) is 0 Å². The summed E-state index contributed by atoms with van der Waals surface area (Å²) in [4.78, 5) is 4.21. The van der Waals surface area contributed by atoms with Gasteiger partial charge in [-0.05, 0) is 41.5 Å². The second-order valence-corrected chi connectivity index (χ2v) is 4.92. The molecule has 0 spiro atoms. The summed E-state index contributed by atoms with van der Waals surface area (Å²) in [6.07, 6.45) is 1.15. The van der Waals surface area contributed by atoms with Gasteiger partial charge in [-0.1, -0.05) is 18.2 Å². The highest BCUT2D eigenvalue weighted by Gasteiger charge is 2.11. The minimum absolute atomic E-state index is 0.225. The van der Waals surface area contributed by atoms with Crippen LogP contribution in [0, 0.1) is 11.6 Å². The van der Waals surface area contributed by atoms with Crippen LogP contribution in [-0.2, 0) is 6.42 Å². The molecule has 2 nitrogen and oxygen atoms in total. The Kier molecular flexibility index (Phi) is 3.62. The third-order valence-corrected chi connectivity index (χ3v) is 3.42. The predicted octanol–water partition coefficient (Wildman–Crippen LogP) is 3.79. The van der Waals surface area contributed by atoms with Crippen molar-refractivity contribution in [3.05, 3.63) is 77.5 Å². The Bertz CT molecular complexity index is 789. The molecular formula is C17H13F2NO. The lowest BCUT2D eigenvalue weighted by atomic mass is 10.00. The molecule has 1 atom stereocenters. The summed E-state index contributed by atoms with van der Waals surface area (Å²) in [5, 5.41) is 11.2. The lowest BCUT2D eigenvalue weighted by Gasteiger charge is -2.12. The van der Waals surface area contributed by atoms with Gasteiger partial charge < -0.3 is 5.11 Å². The van der Waals surface area contributed by atoms with Gasteiger partial charge in [-0.3, -0.25) is 4.98 Å². The third kappa shape index (κ3) is 2.90. The van der Waals surface area contributed by atoms with Crippen molar-refractivity contribution in [2.75, 3.05) is 0 Å². The van der Waals surface area contributed by atoms with E-state index >= 15 is 0 Å². The van der Waals surface area contributed by atoms with Gasteiger partial charge in [-0.2, -0.15) is 0 Å². The molecule has 0 radical (unpaired) electrons. The number of halogens is 2.